The molecule has 7 heavy (non-hydrogen) atoms. The zero-order chi connectivity index (χ0) is 4.83. The summed E-state index contributed by atoms with van der Waals surface area (Å²) in [6, 6.07) is 0. The maximum atomic E-state index is 3.85. The molecule has 36 valence electrons. The van der Waals surface area contributed by atoms with E-state index >= 15 is 0 Å². The molecule has 0 aliphatic heterocycles. The minimum absolute atomic E-state index is 0. The molecule has 0 spiro atoms. The van der Waals surface area contributed by atoms with Crippen LogP contribution in [0.15, 0.2) is 0 Å². The van der Waals surface area contributed by atoms with Gasteiger partial charge in [-0.1, -0.05) is 11.8 Å². The van der Waals surface area contributed by atoms with E-state index in [0.29, 0.717) is 11.5 Å². The molecule has 0 aromatic heterocycles. The van der Waals surface area contributed by atoms with Gasteiger partial charge in [-0.3, -0.25) is 0 Å². The molecule has 0 unspecified atom stereocenters. The van der Waals surface area contributed by atoms with E-state index in [2.05, 4.69) is 37.1 Å². The molecule has 3 heteroatoms. The van der Waals surface area contributed by atoms with E-state index in [0.717, 1.165) is 0 Å². The van der Waals surface area contributed by atoms with Crippen LogP contribution in [-0.4, -0.2) is 11.5 Å². The van der Waals surface area contributed by atoms with Crippen LogP contribution >= 0.6 is 25.3 Å². The van der Waals surface area contributed by atoms with E-state index in [4.69, 9.17) is 0 Å². The Morgan fingerprint density at radius 2 is 1.29 bits per heavy atom. The summed E-state index contributed by atoms with van der Waals surface area (Å²) in [5.74, 6) is 6.75. The molecule has 0 nitrogen and oxygen atoms in total. The minimum atomic E-state index is 0. The summed E-state index contributed by atoms with van der Waals surface area (Å²) >= 11 is 7.69. The Morgan fingerprint density at radius 1 is 1.00 bits per heavy atom. The summed E-state index contributed by atoms with van der Waals surface area (Å²) in [5.41, 5.74) is 0. The second-order valence-electron chi connectivity index (χ2n) is 0.670. The van der Waals surface area contributed by atoms with Crippen LogP contribution in [-0.2, 0) is 19.5 Å². The first kappa shape index (κ1) is 10.8. The van der Waals surface area contributed by atoms with Crippen molar-refractivity contribution in [2.75, 3.05) is 11.5 Å². The second kappa shape index (κ2) is 9.99. The summed E-state index contributed by atoms with van der Waals surface area (Å²) in [4.78, 5) is 0. The predicted molar refractivity (Wildman–Crippen MR) is 35.5 cm³/mol. The maximum Gasteiger partial charge on any atom is 0.0517 e. The Kier molecular flexibility index (Phi) is 15.4. The van der Waals surface area contributed by atoms with Crippen LogP contribution in [0.25, 0.3) is 0 Å². The second-order valence-corrected chi connectivity index (χ2v) is 1.30. The molecule has 0 aromatic carbocycles. The molecule has 0 amide bonds. The molecule has 0 radical (unpaired) electrons. The standard InChI is InChI=1S/C4H6S2.Zn/c5-3-1-2-4-6;/h5-6H,3-4H2;. The zero-order valence-electron chi connectivity index (χ0n) is 4.02. The van der Waals surface area contributed by atoms with Crippen molar-refractivity contribution in [3.8, 4) is 11.8 Å². The van der Waals surface area contributed by atoms with E-state index in [1.807, 2.05) is 0 Å². The van der Waals surface area contributed by atoms with E-state index in [9.17, 15) is 0 Å². The van der Waals surface area contributed by atoms with Gasteiger partial charge in [0.1, 0.15) is 0 Å². The average molecular weight is 184 g/mol. The van der Waals surface area contributed by atoms with Gasteiger partial charge in [0.05, 0.1) is 11.5 Å². The van der Waals surface area contributed by atoms with Crippen molar-refractivity contribution in [2.24, 2.45) is 0 Å². The van der Waals surface area contributed by atoms with Crippen LogP contribution in [0.1, 0.15) is 0 Å². The quantitative estimate of drug-likeness (QED) is 0.311. The molecule has 0 atom stereocenters. The van der Waals surface area contributed by atoms with Crippen LogP contribution in [0.3, 0.4) is 0 Å². The van der Waals surface area contributed by atoms with Gasteiger partial charge in [0, 0.05) is 19.5 Å². The van der Waals surface area contributed by atoms with E-state index in [1.54, 1.807) is 0 Å². The fraction of sp³-hybridized carbons (Fsp3) is 0.500. The molecule has 0 aliphatic carbocycles. The van der Waals surface area contributed by atoms with Gasteiger partial charge in [0.2, 0.25) is 0 Å². The van der Waals surface area contributed by atoms with Crippen molar-refractivity contribution in [1.82, 2.24) is 0 Å². The molecule has 0 heterocycles. The number of hydrogen-bond donors (Lipinski definition) is 2. The predicted octanol–water partition coefficient (Wildman–Crippen LogP) is 0.847. The van der Waals surface area contributed by atoms with Gasteiger partial charge in [-0.2, -0.15) is 25.3 Å². The molecular weight excluding hydrogens is 178 g/mol. The molecule has 0 fully saturated rings. The fourth-order valence-corrected chi connectivity index (χ4v) is 0.335. The third-order valence-corrected chi connectivity index (χ3v) is 0.599. The van der Waals surface area contributed by atoms with Gasteiger partial charge < -0.3 is 0 Å². The Morgan fingerprint density at radius 3 is 1.43 bits per heavy atom. The van der Waals surface area contributed by atoms with E-state index in [1.165, 1.54) is 0 Å². The molecule has 0 rings (SSSR count). The van der Waals surface area contributed by atoms with Crippen LogP contribution < -0.4 is 0 Å². The van der Waals surface area contributed by atoms with Crippen LogP contribution in [0.4, 0.5) is 0 Å². The molecule has 0 saturated carbocycles. The van der Waals surface area contributed by atoms with Crippen molar-refractivity contribution in [3.63, 3.8) is 0 Å². The first-order chi connectivity index (χ1) is 2.91. The SMILES string of the molecule is SCC#CCS.[Zn]. The topological polar surface area (TPSA) is 0 Å². The van der Waals surface area contributed by atoms with E-state index in [-0.39, 0.29) is 19.5 Å². The number of hydrogen-bond acceptors (Lipinski definition) is 2. The Balaban J connectivity index is 0. The van der Waals surface area contributed by atoms with Gasteiger partial charge in [-0.25, -0.2) is 0 Å². The van der Waals surface area contributed by atoms with Crippen LogP contribution in [0.2, 0.25) is 0 Å². The fourth-order valence-electron chi connectivity index (χ4n) is 0.112. The van der Waals surface area contributed by atoms with Gasteiger partial charge in [-0.15, -0.1) is 0 Å². The van der Waals surface area contributed by atoms with Gasteiger partial charge in [0.15, 0.2) is 0 Å². The van der Waals surface area contributed by atoms with Crippen molar-refractivity contribution >= 4 is 25.3 Å². The van der Waals surface area contributed by atoms with E-state index < -0.39 is 0 Å². The van der Waals surface area contributed by atoms with Gasteiger partial charge in [0.25, 0.3) is 0 Å². The van der Waals surface area contributed by atoms with Gasteiger partial charge in [-0.05, 0) is 0 Å². The molecular formula is C4H6S2Zn. The Hall–Kier alpha value is 0.883. The number of rotatable bonds is 0. The summed E-state index contributed by atoms with van der Waals surface area (Å²) in [7, 11) is 0. The minimum Gasteiger partial charge on any atom is -0.166 e. The third kappa shape index (κ3) is 10.9. The third-order valence-electron chi connectivity index (χ3n) is 0.283. The Labute approximate surface area is 68.0 Å². The molecule has 0 aromatic rings. The first-order valence-electron chi connectivity index (χ1n) is 1.59. The monoisotopic (exact) mass is 182 g/mol. The maximum absolute atomic E-state index is 3.85. The first-order valence-corrected chi connectivity index (χ1v) is 2.85. The van der Waals surface area contributed by atoms with Crippen molar-refractivity contribution in [3.05, 3.63) is 0 Å². The van der Waals surface area contributed by atoms with Crippen molar-refractivity contribution in [1.29, 1.82) is 0 Å². The smallest absolute Gasteiger partial charge is 0.0517 e. The summed E-state index contributed by atoms with van der Waals surface area (Å²) in [5, 5.41) is 0. The average Bonchev–Trinajstić information content (AvgIpc) is 1.61. The largest absolute Gasteiger partial charge is 0.166 e. The molecule has 0 saturated heterocycles. The summed E-state index contributed by atoms with van der Waals surface area (Å²) in [6.07, 6.45) is 0. The van der Waals surface area contributed by atoms with Crippen molar-refractivity contribution in [2.45, 2.75) is 0 Å². The van der Waals surface area contributed by atoms with Gasteiger partial charge >= 0.3 is 0 Å². The molecule has 0 bridgehead atoms. The van der Waals surface area contributed by atoms with Crippen LogP contribution in [0, 0.1) is 11.8 Å². The molecule has 0 N–H and O–H groups in total. The number of thiol groups is 2. The Bertz CT molecular complexity index is 63.5. The summed E-state index contributed by atoms with van der Waals surface area (Å²) < 4.78 is 0. The normalized spacial score (nSPS) is 5.43. The summed E-state index contributed by atoms with van der Waals surface area (Å²) in [6.45, 7) is 0. The van der Waals surface area contributed by atoms with Crippen LogP contribution in [0.5, 0.6) is 0 Å². The van der Waals surface area contributed by atoms with Crippen molar-refractivity contribution < 1.29 is 19.5 Å². The molecule has 0 aliphatic rings. The zero-order valence-corrected chi connectivity index (χ0v) is 8.77.